The summed E-state index contributed by atoms with van der Waals surface area (Å²) in [7, 11) is 0. The second-order valence-corrected chi connectivity index (χ2v) is 2.33. The van der Waals surface area contributed by atoms with Crippen LogP contribution in [0.3, 0.4) is 0 Å². The number of nitrogens with one attached hydrogen (secondary N) is 2. The molecule has 5 nitrogen and oxygen atoms in total. The maximum atomic E-state index is 10.6. The van der Waals surface area contributed by atoms with Crippen molar-refractivity contribution < 1.29 is 9.90 Å². The van der Waals surface area contributed by atoms with Crippen molar-refractivity contribution in [3.8, 4) is 0 Å². The number of nitrogens with zero attached hydrogens (tertiary/aromatic N) is 1. The Morgan fingerprint density at radius 3 is 3.17 bits per heavy atom. The van der Waals surface area contributed by atoms with Gasteiger partial charge in [0, 0.05) is 24.9 Å². The molecule has 0 bridgehead atoms. The van der Waals surface area contributed by atoms with Crippen LogP contribution in [0.5, 0.6) is 0 Å². The molecule has 1 rings (SSSR count). The molecule has 1 amide bonds. The minimum atomic E-state index is -0.455. The Balaban J connectivity index is 2.15. The normalized spacial score (nSPS) is 9.75. The van der Waals surface area contributed by atoms with Crippen LogP contribution in [0.1, 0.15) is 5.69 Å². The topological polar surface area (TPSA) is 78.0 Å². The molecule has 1 aromatic rings. The van der Waals surface area contributed by atoms with Gasteiger partial charge in [0.25, 0.3) is 0 Å². The number of aromatic nitrogens is 2. The Labute approximate surface area is 69.8 Å². The van der Waals surface area contributed by atoms with Gasteiger partial charge < -0.3 is 15.4 Å². The van der Waals surface area contributed by atoms with Crippen LogP contribution in [-0.4, -0.2) is 34.1 Å². The molecule has 0 aliphatic carbocycles. The van der Waals surface area contributed by atoms with Crippen molar-refractivity contribution in [3.63, 3.8) is 0 Å². The average molecular weight is 169 g/mol. The zero-order valence-corrected chi connectivity index (χ0v) is 6.58. The molecule has 1 aromatic heterocycles. The van der Waals surface area contributed by atoms with Gasteiger partial charge in [-0.25, -0.2) is 4.98 Å². The van der Waals surface area contributed by atoms with E-state index in [1.807, 2.05) is 0 Å². The summed E-state index contributed by atoms with van der Waals surface area (Å²) in [6, 6.07) is 0. The molecule has 0 fully saturated rings. The fraction of sp³-hybridized carbons (Fsp3) is 0.429. The van der Waals surface area contributed by atoms with E-state index in [-0.39, 0.29) is 5.91 Å². The first-order valence-electron chi connectivity index (χ1n) is 3.67. The van der Waals surface area contributed by atoms with Gasteiger partial charge in [-0.3, -0.25) is 4.79 Å². The second kappa shape index (κ2) is 4.50. The monoisotopic (exact) mass is 169 g/mol. The smallest absolute Gasteiger partial charge is 0.245 e. The Hall–Kier alpha value is -1.36. The summed E-state index contributed by atoms with van der Waals surface area (Å²) in [5, 5.41) is 10.9. The molecule has 5 heteroatoms. The van der Waals surface area contributed by atoms with Gasteiger partial charge in [0.05, 0.1) is 6.33 Å². The lowest BCUT2D eigenvalue weighted by molar-refractivity contribution is -0.123. The van der Waals surface area contributed by atoms with Crippen LogP contribution in [0.25, 0.3) is 0 Å². The first kappa shape index (κ1) is 8.73. The molecule has 0 aliphatic rings. The van der Waals surface area contributed by atoms with Gasteiger partial charge >= 0.3 is 0 Å². The minimum Gasteiger partial charge on any atom is -0.387 e. The quantitative estimate of drug-likeness (QED) is 0.544. The second-order valence-electron chi connectivity index (χ2n) is 2.33. The molecule has 66 valence electrons. The van der Waals surface area contributed by atoms with E-state index in [9.17, 15) is 4.79 Å². The zero-order valence-electron chi connectivity index (χ0n) is 6.58. The fourth-order valence-corrected chi connectivity index (χ4v) is 0.814. The molecule has 0 radical (unpaired) electrons. The van der Waals surface area contributed by atoms with Crippen LogP contribution in [0.4, 0.5) is 0 Å². The van der Waals surface area contributed by atoms with Crippen LogP contribution in [0, 0.1) is 0 Å². The first-order valence-corrected chi connectivity index (χ1v) is 3.67. The average Bonchev–Trinajstić information content (AvgIpc) is 2.57. The van der Waals surface area contributed by atoms with E-state index in [4.69, 9.17) is 5.11 Å². The summed E-state index contributed by atoms with van der Waals surface area (Å²) in [5.41, 5.74) is 0.966. The van der Waals surface area contributed by atoms with Gasteiger partial charge in [-0.2, -0.15) is 0 Å². The Bertz CT molecular complexity index is 233. The number of aliphatic hydroxyl groups excluding tert-OH is 1. The number of rotatable bonds is 4. The standard InChI is InChI=1S/C7H11N3O2/c11-4-7(12)9-2-1-6-3-8-5-10-6/h3,5,11H,1-2,4H2,(H,8,10)(H,9,12). The van der Waals surface area contributed by atoms with Crippen molar-refractivity contribution in [1.82, 2.24) is 15.3 Å². The number of hydrogen-bond acceptors (Lipinski definition) is 3. The van der Waals surface area contributed by atoms with E-state index in [0.29, 0.717) is 13.0 Å². The maximum Gasteiger partial charge on any atom is 0.245 e. The Kier molecular flexibility index (Phi) is 3.28. The van der Waals surface area contributed by atoms with Crippen LogP contribution in [0.2, 0.25) is 0 Å². The number of amides is 1. The number of aromatic amines is 1. The van der Waals surface area contributed by atoms with Gasteiger partial charge in [-0.15, -0.1) is 0 Å². The van der Waals surface area contributed by atoms with Gasteiger partial charge in [0.2, 0.25) is 5.91 Å². The van der Waals surface area contributed by atoms with E-state index in [1.54, 1.807) is 12.5 Å². The maximum absolute atomic E-state index is 10.6. The molecule has 0 saturated heterocycles. The van der Waals surface area contributed by atoms with Gasteiger partial charge in [-0.1, -0.05) is 0 Å². The molecule has 3 N–H and O–H groups in total. The summed E-state index contributed by atoms with van der Waals surface area (Å²) in [6.45, 7) is 0.0601. The molecular formula is C7H11N3O2. The van der Waals surface area contributed by atoms with E-state index >= 15 is 0 Å². The third kappa shape index (κ3) is 2.71. The van der Waals surface area contributed by atoms with Gasteiger partial charge in [0.1, 0.15) is 6.61 Å². The third-order valence-electron chi connectivity index (χ3n) is 1.41. The van der Waals surface area contributed by atoms with Crippen molar-refractivity contribution in [2.45, 2.75) is 6.42 Å². The van der Waals surface area contributed by atoms with Crippen molar-refractivity contribution in [3.05, 3.63) is 18.2 Å². The summed E-state index contributed by atoms with van der Waals surface area (Å²) in [6.07, 6.45) is 3.99. The van der Waals surface area contributed by atoms with E-state index in [2.05, 4.69) is 15.3 Å². The number of carbonyl (C=O) groups is 1. The number of aliphatic hydroxyl groups is 1. The van der Waals surface area contributed by atoms with Crippen molar-refractivity contribution >= 4 is 5.91 Å². The van der Waals surface area contributed by atoms with Crippen LogP contribution >= 0.6 is 0 Å². The zero-order chi connectivity index (χ0) is 8.81. The molecule has 0 atom stereocenters. The lowest BCUT2D eigenvalue weighted by atomic mass is 10.3. The third-order valence-corrected chi connectivity index (χ3v) is 1.41. The highest BCUT2D eigenvalue weighted by molar-refractivity contribution is 5.76. The molecule has 0 saturated carbocycles. The molecule has 0 aromatic carbocycles. The van der Waals surface area contributed by atoms with Gasteiger partial charge in [-0.05, 0) is 0 Å². The minimum absolute atomic E-state index is 0.352. The number of hydrogen-bond donors (Lipinski definition) is 3. The fourth-order valence-electron chi connectivity index (χ4n) is 0.814. The summed E-state index contributed by atoms with van der Waals surface area (Å²) >= 11 is 0. The molecule has 1 heterocycles. The first-order chi connectivity index (χ1) is 5.83. The highest BCUT2D eigenvalue weighted by Crippen LogP contribution is 1.89. The van der Waals surface area contributed by atoms with Crippen LogP contribution < -0.4 is 5.32 Å². The van der Waals surface area contributed by atoms with Gasteiger partial charge in [0.15, 0.2) is 0 Å². The highest BCUT2D eigenvalue weighted by Gasteiger charge is 1.97. The molecule has 0 aliphatic heterocycles. The molecular weight excluding hydrogens is 158 g/mol. The van der Waals surface area contributed by atoms with Crippen molar-refractivity contribution in [2.24, 2.45) is 0 Å². The lowest BCUT2D eigenvalue weighted by Gasteiger charge is -2.00. The van der Waals surface area contributed by atoms with E-state index in [0.717, 1.165) is 5.69 Å². The predicted octanol–water partition coefficient (Wildman–Crippen LogP) is -0.939. The Morgan fingerprint density at radius 1 is 1.75 bits per heavy atom. The molecule has 0 spiro atoms. The highest BCUT2D eigenvalue weighted by atomic mass is 16.3. The number of imidazole rings is 1. The number of carbonyl (C=O) groups excluding carboxylic acids is 1. The van der Waals surface area contributed by atoms with Crippen molar-refractivity contribution in [2.75, 3.05) is 13.2 Å². The lowest BCUT2D eigenvalue weighted by Crippen LogP contribution is -2.28. The predicted molar refractivity (Wildman–Crippen MR) is 42.4 cm³/mol. The largest absolute Gasteiger partial charge is 0.387 e. The SMILES string of the molecule is O=C(CO)NCCc1cnc[nH]1. The molecule has 12 heavy (non-hydrogen) atoms. The molecule has 0 unspecified atom stereocenters. The van der Waals surface area contributed by atoms with E-state index < -0.39 is 6.61 Å². The van der Waals surface area contributed by atoms with Crippen LogP contribution in [0.15, 0.2) is 12.5 Å². The summed E-state index contributed by atoms with van der Waals surface area (Å²) in [5.74, 6) is -0.352. The summed E-state index contributed by atoms with van der Waals surface area (Å²) < 4.78 is 0. The van der Waals surface area contributed by atoms with Crippen LogP contribution in [-0.2, 0) is 11.2 Å². The van der Waals surface area contributed by atoms with E-state index in [1.165, 1.54) is 0 Å². The van der Waals surface area contributed by atoms with Crippen molar-refractivity contribution in [1.29, 1.82) is 0 Å². The summed E-state index contributed by atoms with van der Waals surface area (Å²) in [4.78, 5) is 17.3. The Morgan fingerprint density at radius 2 is 2.58 bits per heavy atom. The number of H-pyrrole nitrogens is 1.